The number of hydrogen-bond donors (Lipinski definition) is 3. The number of phenolic OH excluding ortho intramolecular Hbond substituents is 1. The summed E-state index contributed by atoms with van der Waals surface area (Å²) in [5, 5.41) is 32.5. The minimum atomic E-state index is -0.0886. The number of nitrogens with zero attached hydrogens (tertiary/aromatic N) is 2. The quantitative estimate of drug-likeness (QED) is 0.175. The average molecular weight is 468 g/mol. The van der Waals surface area contributed by atoms with Crippen LogP contribution < -0.4 is 5.32 Å². The predicted molar refractivity (Wildman–Crippen MR) is 140 cm³/mol. The zero-order chi connectivity index (χ0) is 24.5. The molecule has 0 bridgehead atoms. The summed E-state index contributed by atoms with van der Waals surface area (Å²) in [6, 6.07) is 26.3. The van der Waals surface area contributed by atoms with E-state index in [2.05, 4.69) is 15.5 Å². The highest BCUT2D eigenvalue weighted by Gasteiger charge is 2.08. The topological polar surface area (TPSA) is 94.3 Å². The van der Waals surface area contributed by atoms with Crippen molar-refractivity contribution in [1.29, 1.82) is 0 Å². The van der Waals surface area contributed by atoms with Crippen LogP contribution in [0.5, 0.6) is 5.75 Å². The molecule has 3 N–H and O–H groups in total. The number of carbonyl (C=O) groups excluding carboxylic acids is 1. The molecule has 4 rings (SSSR count). The zero-order valence-electron chi connectivity index (χ0n) is 19.5. The number of benzene rings is 4. The molecule has 0 aliphatic rings. The lowest BCUT2D eigenvalue weighted by Crippen LogP contribution is -2.24. The van der Waals surface area contributed by atoms with E-state index in [0.29, 0.717) is 23.5 Å². The van der Waals surface area contributed by atoms with Crippen molar-refractivity contribution in [2.75, 3.05) is 13.2 Å². The molecule has 0 fully saturated rings. The summed E-state index contributed by atoms with van der Waals surface area (Å²) in [6.45, 7) is 0.844. The molecular formula is C29H29N3O3. The fourth-order valence-electron chi connectivity index (χ4n) is 3.91. The van der Waals surface area contributed by atoms with Gasteiger partial charge in [-0.1, -0.05) is 67.4 Å². The number of hydrogen-bond acceptors (Lipinski definition) is 5. The molecule has 178 valence electrons. The van der Waals surface area contributed by atoms with Crippen molar-refractivity contribution in [3.63, 3.8) is 0 Å². The summed E-state index contributed by atoms with van der Waals surface area (Å²) in [7, 11) is 0. The number of azo groups is 1. The number of nitrogens with one attached hydrogen (secondary N) is 1. The number of fused-ring (bicyclic) bond motifs is 1. The summed E-state index contributed by atoms with van der Waals surface area (Å²) in [4.78, 5) is 12.5. The van der Waals surface area contributed by atoms with E-state index in [1.807, 2.05) is 78.9 Å². The number of amides is 1. The van der Waals surface area contributed by atoms with Crippen LogP contribution in [0.25, 0.3) is 21.9 Å². The summed E-state index contributed by atoms with van der Waals surface area (Å²) in [6.07, 6.45) is 3.67. The Morgan fingerprint density at radius 2 is 1.57 bits per heavy atom. The lowest BCUT2D eigenvalue weighted by atomic mass is 10.0. The van der Waals surface area contributed by atoms with Gasteiger partial charge in [0.2, 0.25) is 0 Å². The van der Waals surface area contributed by atoms with Gasteiger partial charge < -0.3 is 15.5 Å². The number of unbranched alkanes of at least 4 members (excludes halogenated alkanes) is 3. The Balaban J connectivity index is 1.42. The average Bonchev–Trinajstić information content (AvgIpc) is 2.90. The summed E-state index contributed by atoms with van der Waals surface area (Å²) in [5.74, 6) is -0.00125. The van der Waals surface area contributed by atoms with E-state index in [1.54, 1.807) is 6.07 Å². The molecule has 0 aliphatic heterocycles. The molecule has 4 aromatic carbocycles. The zero-order valence-corrected chi connectivity index (χ0v) is 19.5. The molecule has 0 aliphatic carbocycles. The van der Waals surface area contributed by atoms with Gasteiger partial charge in [-0.25, -0.2) is 0 Å². The molecule has 0 heterocycles. The Kier molecular flexibility index (Phi) is 8.20. The molecule has 0 saturated heterocycles. The molecular weight excluding hydrogens is 438 g/mol. The fraction of sp³-hybridized carbons (Fsp3) is 0.207. The first-order valence-electron chi connectivity index (χ1n) is 11.9. The number of aliphatic hydroxyl groups excluding tert-OH is 1. The minimum Gasteiger partial charge on any atom is -0.506 e. The van der Waals surface area contributed by atoms with Crippen LogP contribution in [0.4, 0.5) is 11.4 Å². The summed E-state index contributed by atoms with van der Waals surface area (Å²) in [5.41, 5.74) is 3.63. The molecule has 0 radical (unpaired) electrons. The van der Waals surface area contributed by atoms with Crippen molar-refractivity contribution in [3.05, 3.63) is 90.5 Å². The van der Waals surface area contributed by atoms with Crippen LogP contribution in [0.3, 0.4) is 0 Å². The monoisotopic (exact) mass is 467 g/mol. The van der Waals surface area contributed by atoms with Gasteiger partial charge in [0.25, 0.3) is 5.91 Å². The highest BCUT2D eigenvalue weighted by atomic mass is 16.3. The Hall–Kier alpha value is -4.03. The predicted octanol–water partition coefficient (Wildman–Crippen LogP) is 6.91. The van der Waals surface area contributed by atoms with Crippen LogP contribution in [-0.4, -0.2) is 29.3 Å². The molecule has 4 aromatic rings. The van der Waals surface area contributed by atoms with E-state index in [1.165, 1.54) is 0 Å². The van der Waals surface area contributed by atoms with Crippen LogP contribution >= 0.6 is 0 Å². The summed E-state index contributed by atoms with van der Waals surface area (Å²) < 4.78 is 0. The van der Waals surface area contributed by atoms with Gasteiger partial charge in [-0.2, -0.15) is 5.11 Å². The van der Waals surface area contributed by atoms with Crippen LogP contribution in [0.2, 0.25) is 0 Å². The van der Waals surface area contributed by atoms with E-state index < -0.39 is 0 Å². The standard InChI is InChI=1S/C29H29N3O3/c33-19-6-2-1-5-18-30-29(35)24-10-7-9-23(20-24)21-12-15-25(16-13-21)31-32-28-26-11-4-3-8-22(26)14-17-27(28)34/h3-4,7-17,20,33-34H,1-2,5-6,18-19H2,(H,30,35). The molecule has 0 saturated carbocycles. The Morgan fingerprint density at radius 1 is 0.771 bits per heavy atom. The number of aromatic hydroxyl groups is 1. The van der Waals surface area contributed by atoms with Crippen LogP contribution in [-0.2, 0) is 0 Å². The first-order valence-corrected chi connectivity index (χ1v) is 11.9. The van der Waals surface area contributed by atoms with Crippen LogP contribution in [0.1, 0.15) is 36.0 Å². The molecule has 0 unspecified atom stereocenters. The Morgan fingerprint density at radius 3 is 2.40 bits per heavy atom. The second-order valence-electron chi connectivity index (χ2n) is 8.38. The molecule has 0 atom stereocenters. The van der Waals surface area contributed by atoms with Gasteiger partial charge in [0.15, 0.2) is 0 Å². The molecule has 6 heteroatoms. The van der Waals surface area contributed by atoms with E-state index in [0.717, 1.165) is 47.6 Å². The minimum absolute atomic E-state index is 0.0873. The number of rotatable bonds is 10. The third-order valence-electron chi connectivity index (χ3n) is 5.84. The number of aliphatic hydroxyl groups is 1. The molecule has 0 aromatic heterocycles. The third-order valence-corrected chi connectivity index (χ3v) is 5.84. The molecule has 6 nitrogen and oxygen atoms in total. The van der Waals surface area contributed by atoms with E-state index >= 15 is 0 Å². The van der Waals surface area contributed by atoms with Crippen LogP contribution in [0.15, 0.2) is 95.2 Å². The van der Waals surface area contributed by atoms with Gasteiger partial charge in [0.05, 0.1) is 5.69 Å². The maximum absolute atomic E-state index is 12.5. The lowest BCUT2D eigenvalue weighted by Gasteiger charge is -2.08. The van der Waals surface area contributed by atoms with Gasteiger partial charge in [0.1, 0.15) is 11.4 Å². The molecule has 1 amide bonds. The Bertz CT molecular complexity index is 1320. The normalized spacial score (nSPS) is 11.2. The van der Waals surface area contributed by atoms with E-state index in [9.17, 15) is 9.90 Å². The first kappa shape index (κ1) is 24.1. The largest absolute Gasteiger partial charge is 0.506 e. The van der Waals surface area contributed by atoms with Crippen molar-refractivity contribution >= 4 is 28.1 Å². The SMILES string of the molecule is O=C(NCCCCCCO)c1cccc(-c2ccc(N=Nc3c(O)ccc4ccccc34)cc2)c1. The van der Waals surface area contributed by atoms with Gasteiger partial charge in [-0.15, -0.1) is 5.11 Å². The van der Waals surface area contributed by atoms with Crippen molar-refractivity contribution in [1.82, 2.24) is 5.32 Å². The maximum Gasteiger partial charge on any atom is 0.251 e. The van der Waals surface area contributed by atoms with Crippen molar-refractivity contribution in [3.8, 4) is 16.9 Å². The fourth-order valence-corrected chi connectivity index (χ4v) is 3.91. The van der Waals surface area contributed by atoms with Gasteiger partial charge in [-0.3, -0.25) is 4.79 Å². The third kappa shape index (κ3) is 6.31. The molecule has 35 heavy (non-hydrogen) atoms. The van der Waals surface area contributed by atoms with Crippen molar-refractivity contribution < 1.29 is 15.0 Å². The molecule has 0 spiro atoms. The highest BCUT2D eigenvalue weighted by Crippen LogP contribution is 2.36. The Labute approximate surface area is 205 Å². The second-order valence-corrected chi connectivity index (χ2v) is 8.38. The summed E-state index contributed by atoms with van der Waals surface area (Å²) >= 11 is 0. The smallest absolute Gasteiger partial charge is 0.251 e. The maximum atomic E-state index is 12.5. The lowest BCUT2D eigenvalue weighted by molar-refractivity contribution is 0.0953. The van der Waals surface area contributed by atoms with Gasteiger partial charge in [-0.05, 0) is 59.7 Å². The van der Waals surface area contributed by atoms with Gasteiger partial charge in [0, 0.05) is 24.1 Å². The second kappa shape index (κ2) is 11.9. The highest BCUT2D eigenvalue weighted by molar-refractivity contribution is 5.96. The van der Waals surface area contributed by atoms with Gasteiger partial charge >= 0.3 is 0 Å². The first-order chi connectivity index (χ1) is 17.2. The van der Waals surface area contributed by atoms with Crippen LogP contribution in [0, 0.1) is 0 Å². The van der Waals surface area contributed by atoms with Crippen molar-refractivity contribution in [2.24, 2.45) is 10.2 Å². The van der Waals surface area contributed by atoms with E-state index in [-0.39, 0.29) is 18.3 Å². The van der Waals surface area contributed by atoms with E-state index in [4.69, 9.17) is 5.11 Å². The number of carbonyl (C=O) groups is 1. The van der Waals surface area contributed by atoms with Crippen molar-refractivity contribution in [2.45, 2.75) is 25.7 Å². The number of phenols is 1.